The summed E-state index contributed by atoms with van der Waals surface area (Å²) in [5.74, 6) is 1.88. The third kappa shape index (κ3) is 2.95. The van der Waals surface area contributed by atoms with E-state index in [0.717, 1.165) is 19.5 Å². The number of amides is 1. The molecule has 24 heavy (non-hydrogen) atoms. The first-order chi connectivity index (χ1) is 11.7. The molecule has 3 aliphatic rings. The minimum absolute atomic E-state index is 0.0228. The molecule has 7 heteroatoms. The van der Waals surface area contributed by atoms with Crippen molar-refractivity contribution < 1.29 is 14.1 Å². The number of nitrogens with zero attached hydrogens (tertiary/aromatic N) is 4. The lowest BCUT2D eigenvalue weighted by atomic mass is 10.1. The number of likely N-dealkylation sites (tertiary alicyclic amines) is 2. The molecule has 0 spiro atoms. The first kappa shape index (κ1) is 16.0. The van der Waals surface area contributed by atoms with Crippen LogP contribution in [-0.2, 0) is 9.53 Å². The van der Waals surface area contributed by atoms with Gasteiger partial charge in [-0.05, 0) is 51.6 Å². The minimum Gasteiger partial charge on any atom is -0.380 e. The van der Waals surface area contributed by atoms with E-state index < -0.39 is 0 Å². The molecule has 1 aromatic heterocycles. The Kier molecular flexibility index (Phi) is 4.30. The van der Waals surface area contributed by atoms with Crippen LogP contribution in [-0.4, -0.2) is 64.7 Å². The summed E-state index contributed by atoms with van der Waals surface area (Å²) in [5, 5.41) is 3.90. The molecule has 2 saturated heterocycles. The molecule has 1 aromatic rings. The minimum atomic E-state index is -0.160. The summed E-state index contributed by atoms with van der Waals surface area (Å²) in [6.07, 6.45) is 5.48. The Hall–Kier alpha value is -1.47. The van der Waals surface area contributed by atoms with Crippen molar-refractivity contribution in [2.45, 2.75) is 57.2 Å². The van der Waals surface area contributed by atoms with E-state index in [4.69, 9.17) is 9.26 Å². The van der Waals surface area contributed by atoms with Gasteiger partial charge in [0.2, 0.25) is 11.8 Å². The molecule has 3 atom stereocenters. The molecule has 0 unspecified atom stereocenters. The molecule has 1 saturated carbocycles. The Morgan fingerprint density at radius 1 is 1.33 bits per heavy atom. The lowest BCUT2D eigenvalue weighted by molar-refractivity contribution is -0.139. The van der Waals surface area contributed by atoms with Crippen LogP contribution in [0.3, 0.4) is 0 Å². The van der Waals surface area contributed by atoms with Gasteiger partial charge in [-0.25, -0.2) is 0 Å². The van der Waals surface area contributed by atoms with Crippen molar-refractivity contribution in [1.29, 1.82) is 0 Å². The number of ether oxygens (including phenoxy) is 1. The Morgan fingerprint density at radius 3 is 2.67 bits per heavy atom. The summed E-state index contributed by atoms with van der Waals surface area (Å²) < 4.78 is 10.9. The van der Waals surface area contributed by atoms with Crippen molar-refractivity contribution in [3.63, 3.8) is 0 Å². The van der Waals surface area contributed by atoms with Crippen LogP contribution < -0.4 is 0 Å². The van der Waals surface area contributed by atoms with Crippen molar-refractivity contribution >= 4 is 5.91 Å². The molecule has 0 aromatic carbocycles. The number of aryl methyl sites for hydroxylation is 1. The van der Waals surface area contributed by atoms with E-state index in [2.05, 4.69) is 15.0 Å². The summed E-state index contributed by atoms with van der Waals surface area (Å²) in [7, 11) is 1.70. The van der Waals surface area contributed by atoms with Gasteiger partial charge in [0.25, 0.3) is 0 Å². The van der Waals surface area contributed by atoms with Crippen LogP contribution in [0.15, 0.2) is 4.52 Å². The van der Waals surface area contributed by atoms with Gasteiger partial charge in [-0.1, -0.05) is 5.16 Å². The van der Waals surface area contributed by atoms with Gasteiger partial charge in [-0.3, -0.25) is 9.69 Å². The number of methoxy groups -OCH3 is 1. The average Bonchev–Trinajstić information content (AvgIpc) is 2.99. The molecule has 0 bridgehead atoms. The highest BCUT2D eigenvalue weighted by molar-refractivity contribution is 5.83. The lowest BCUT2D eigenvalue weighted by Gasteiger charge is -2.32. The van der Waals surface area contributed by atoms with E-state index in [0.29, 0.717) is 24.2 Å². The van der Waals surface area contributed by atoms with Gasteiger partial charge in [0.1, 0.15) is 6.04 Å². The van der Waals surface area contributed by atoms with Crippen molar-refractivity contribution in [2.24, 2.45) is 5.92 Å². The van der Waals surface area contributed by atoms with Crippen molar-refractivity contribution in [1.82, 2.24) is 19.9 Å². The van der Waals surface area contributed by atoms with Crippen LogP contribution in [0.1, 0.15) is 49.9 Å². The van der Waals surface area contributed by atoms with Gasteiger partial charge in [-0.15, -0.1) is 0 Å². The first-order valence-electron chi connectivity index (χ1n) is 9.05. The van der Waals surface area contributed by atoms with Crippen LogP contribution in [0.4, 0.5) is 0 Å². The summed E-state index contributed by atoms with van der Waals surface area (Å²) in [4.78, 5) is 22.1. The van der Waals surface area contributed by atoms with Gasteiger partial charge in [0.15, 0.2) is 5.82 Å². The van der Waals surface area contributed by atoms with E-state index >= 15 is 0 Å². The number of carbonyl (C=O) groups excluding carboxylic acids is 1. The zero-order valence-corrected chi connectivity index (χ0v) is 14.5. The first-order valence-corrected chi connectivity index (χ1v) is 9.05. The van der Waals surface area contributed by atoms with E-state index in [1.807, 2.05) is 4.90 Å². The maximum Gasteiger partial charge on any atom is 0.249 e. The van der Waals surface area contributed by atoms with Crippen LogP contribution >= 0.6 is 0 Å². The fourth-order valence-corrected chi connectivity index (χ4v) is 4.15. The number of carbonyl (C=O) groups is 1. The maximum atomic E-state index is 13.4. The Bertz CT molecular complexity index is 594. The van der Waals surface area contributed by atoms with Gasteiger partial charge >= 0.3 is 0 Å². The SMILES string of the molecule is CO[C@@H]1C[C@H](c2nc(C)no2)N(C(=O)[C@@H](C2CC2)N2CCCC2)C1. The highest BCUT2D eigenvalue weighted by Crippen LogP contribution is 2.40. The molecule has 7 nitrogen and oxygen atoms in total. The van der Waals surface area contributed by atoms with Crippen LogP contribution in [0.2, 0.25) is 0 Å². The Morgan fingerprint density at radius 2 is 2.08 bits per heavy atom. The summed E-state index contributed by atoms with van der Waals surface area (Å²) >= 11 is 0. The predicted octanol–water partition coefficient (Wildman–Crippen LogP) is 1.54. The molecule has 3 heterocycles. The number of rotatable bonds is 5. The van der Waals surface area contributed by atoms with Gasteiger partial charge in [0.05, 0.1) is 12.1 Å². The molecule has 132 valence electrons. The molecular weight excluding hydrogens is 308 g/mol. The normalized spacial score (nSPS) is 29.3. The highest BCUT2D eigenvalue weighted by atomic mass is 16.5. The van der Waals surface area contributed by atoms with E-state index in [-0.39, 0.29) is 24.1 Å². The lowest BCUT2D eigenvalue weighted by Crippen LogP contribution is -2.49. The third-order valence-electron chi connectivity index (χ3n) is 5.56. The van der Waals surface area contributed by atoms with E-state index in [1.165, 1.54) is 25.7 Å². The van der Waals surface area contributed by atoms with Gasteiger partial charge < -0.3 is 14.2 Å². The Balaban J connectivity index is 1.57. The second-order valence-corrected chi connectivity index (χ2v) is 7.30. The molecular formula is C17H26N4O3. The topological polar surface area (TPSA) is 71.7 Å². The summed E-state index contributed by atoms with van der Waals surface area (Å²) in [6, 6.07) is -0.137. The summed E-state index contributed by atoms with van der Waals surface area (Å²) in [6.45, 7) is 4.50. The second-order valence-electron chi connectivity index (χ2n) is 7.30. The standard InChI is InChI=1S/C17H26N4O3/c1-11-18-16(24-19-11)14-9-13(23-2)10-21(14)17(22)15(12-5-6-12)20-7-3-4-8-20/h12-15H,3-10H2,1-2H3/t13-,14-,15-/m1/s1. The number of hydrogen-bond acceptors (Lipinski definition) is 6. The third-order valence-corrected chi connectivity index (χ3v) is 5.56. The Labute approximate surface area is 142 Å². The molecule has 3 fully saturated rings. The molecule has 0 radical (unpaired) electrons. The molecule has 1 amide bonds. The molecule has 0 N–H and O–H groups in total. The molecule has 4 rings (SSSR count). The maximum absolute atomic E-state index is 13.4. The van der Waals surface area contributed by atoms with Gasteiger partial charge in [0, 0.05) is 20.1 Å². The quantitative estimate of drug-likeness (QED) is 0.813. The van der Waals surface area contributed by atoms with Crippen molar-refractivity contribution in [3.8, 4) is 0 Å². The number of hydrogen-bond donors (Lipinski definition) is 0. The predicted molar refractivity (Wildman–Crippen MR) is 86.2 cm³/mol. The zero-order valence-electron chi connectivity index (χ0n) is 14.5. The number of aromatic nitrogens is 2. The molecule has 1 aliphatic carbocycles. The average molecular weight is 334 g/mol. The highest BCUT2D eigenvalue weighted by Gasteiger charge is 2.47. The van der Waals surface area contributed by atoms with Crippen LogP contribution in [0, 0.1) is 12.8 Å². The zero-order chi connectivity index (χ0) is 16.7. The fraction of sp³-hybridized carbons (Fsp3) is 0.824. The van der Waals surface area contributed by atoms with E-state index in [1.54, 1.807) is 14.0 Å². The van der Waals surface area contributed by atoms with Crippen LogP contribution in [0.25, 0.3) is 0 Å². The van der Waals surface area contributed by atoms with Crippen molar-refractivity contribution in [3.05, 3.63) is 11.7 Å². The summed E-state index contributed by atoms with van der Waals surface area (Å²) in [5.41, 5.74) is 0. The smallest absolute Gasteiger partial charge is 0.249 e. The fourth-order valence-electron chi connectivity index (χ4n) is 4.15. The largest absolute Gasteiger partial charge is 0.380 e. The van der Waals surface area contributed by atoms with Crippen LogP contribution in [0.5, 0.6) is 0 Å². The van der Waals surface area contributed by atoms with Crippen molar-refractivity contribution in [2.75, 3.05) is 26.7 Å². The second kappa shape index (κ2) is 6.44. The molecule has 2 aliphatic heterocycles. The van der Waals surface area contributed by atoms with Gasteiger partial charge in [-0.2, -0.15) is 4.98 Å². The van der Waals surface area contributed by atoms with E-state index in [9.17, 15) is 4.79 Å². The monoisotopic (exact) mass is 334 g/mol.